The van der Waals surface area contributed by atoms with Gasteiger partial charge in [-0.3, -0.25) is 4.79 Å². The number of nitrogens with one attached hydrogen (secondary N) is 1. The summed E-state index contributed by atoms with van der Waals surface area (Å²) in [6.07, 6.45) is 1.44. The molecule has 2 N–H and O–H groups in total. The predicted octanol–water partition coefficient (Wildman–Crippen LogP) is 3.22. The molecule has 2 aromatic rings. The third-order valence-electron chi connectivity index (χ3n) is 3.03. The van der Waals surface area contributed by atoms with Crippen molar-refractivity contribution in [3.8, 4) is 17.2 Å². The van der Waals surface area contributed by atoms with Crippen LogP contribution in [0.1, 0.15) is 22.8 Å². The van der Waals surface area contributed by atoms with E-state index >= 15 is 0 Å². The lowest BCUT2D eigenvalue weighted by atomic mass is 10.2. The van der Waals surface area contributed by atoms with Crippen LogP contribution in [0.5, 0.6) is 17.2 Å². The van der Waals surface area contributed by atoms with Crippen molar-refractivity contribution in [3.63, 3.8) is 0 Å². The van der Waals surface area contributed by atoms with E-state index < -0.39 is 5.91 Å². The van der Waals surface area contributed by atoms with Gasteiger partial charge in [-0.2, -0.15) is 5.10 Å². The van der Waals surface area contributed by atoms with Crippen LogP contribution in [0.25, 0.3) is 0 Å². The number of benzene rings is 2. The van der Waals surface area contributed by atoms with E-state index in [1.54, 1.807) is 24.3 Å². The third-order valence-corrected chi connectivity index (χ3v) is 3.31. The van der Waals surface area contributed by atoms with Crippen LogP contribution in [-0.2, 0) is 0 Å². The molecule has 0 aliphatic carbocycles. The molecule has 2 aromatic carbocycles. The summed E-state index contributed by atoms with van der Waals surface area (Å²) in [5.41, 5.74) is 3.31. The minimum atomic E-state index is -0.439. The van der Waals surface area contributed by atoms with Gasteiger partial charge < -0.3 is 14.6 Å². The number of hydrazone groups is 1. The highest BCUT2D eigenvalue weighted by atomic mass is 35.5. The number of nitrogens with zero attached hydrogens (tertiary/aromatic N) is 1. The molecular formula is C17H17ClN2O4. The van der Waals surface area contributed by atoms with Gasteiger partial charge in [-0.15, -0.1) is 0 Å². The van der Waals surface area contributed by atoms with Crippen LogP contribution in [0.2, 0.25) is 5.02 Å². The van der Waals surface area contributed by atoms with Gasteiger partial charge in [0.2, 0.25) is 0 Å². The molecule has 1 amide bonds. The Morgan fingerprint density at radius 2 is 2.17 bits per heavy atom. The number of hydrogen-bond donors (Lipinski definition) is 2. The van der Waals surface area contributed by atoms with Crippen molar-refractivity contribution in [2.75, 3.05) is 13.7 Å². The highest BCUT2D eigenvalue weighted by Gasteiger charge is 2.11. The zero-order valence-electron chi connectivity index (χ0n) is 13.2. The fourth-order valence-electron chi connectivity index (χ4n) is 1.98. The Morgan fingerprint density at radius 1 is 1.38 bits per heavy atom. The molecule has 0 saturated heterocycles. The van der Waals surface area contributed by atoms with Gasteiger partial charge in [-0.25, -0.2) is 5.43 Å². The summed E-state index contributed by atoms with van der Waals surface area (Å²) < 4.78 is 10.7. The van der Waals surface area contributed by atoms with Crippen molar-refractivity contribution in [3.05, 3.63) is 52.5 Å². The largest absolute Gasteiger partial charge is 0.508 e. The van der Waals surface area contributed by atoms with Crippen molar-refractivity contribution in [2.45, 2.75) is 6.92 Å². The van der Waals surface area contributed by atoms with Crippen LogP contribution in [-0.4, -0.2) is 30.9 Å². The van der Waals surface area contributed by atoms with Crippen LogP contribution in [0.3, 0.4) is 0 Å². The number of phenolic OH excluding ortho intramolecular Hbond substituents is 1. The maximum Gasteiger partial charge on any atom is 0.271 e. The fraction of sp³-hybridized carbons (Fsp3) is 0.176. The lowest BCUT2D eigenvalue weighted by Gasteiger charge is -2.11. The van der Waals surface area contributed by atoms with Crippen LogP contribution in [0.4, 0.5) is 0 Å². The number of carbonyl (C=O) groups is 1. The molecule has 0 heterocycles. The third kappa shape index (κ3) is 4.39. The van der Waals surface area contributed by atoms with Crippen molar-refractivity contribution in [2.24, 2.45) is 5.10 Å². The Bertz CT molecular complexity index is 762. The summed E-state index contributed by atoms with van der Waals surface area (Å²) in [6, 6.07) is 9.32. The summed E-state index contributed by atoms with van der Waals surface area (Å²) in [6.45, 7) is 2.31. The zero-order chi connectivity index (χ0) is 17.5. The molecule has 24 heavy (non-hydrogen) atoms. The van der Waals surface area contributed by atoms with E-state index in [-0.39, 0.29) is 5.75 Å². The zero-order valence-corrected chi connectivity index (χ0v) is 14.0. The molecule has 6 nitrogen and oxygen atoms in total. The molecule has 0 radical (unpaired) electrons. The quantitative estimate of drug-likeness (QED) is 0.620. The van der Waals surface area contributed by atoms with Gasteiger partial charge in [-0.1, -0.05) is 17.7 Å². The summed E-state index contributed by atoms with van der Waals surface area (Å²) in [5, 5.41) is 13.6. The fourth-order valence-corrected chi connectivity index (χ4v) is 2.25. The van der Waals surface area contributed by atoms with Gasteiger partial charge >= 0.3 is 0 Å². The first-order valence-corrected chi connectivity index (χ1v) is 7.55. The number of methoxy groups -OCH3 is 1. The summed E-state index contributed by atoms with van der Waals surface area (Å²) in [7, 11) is 1.51. The van der Waals surface area contributed by atoms with E-state index in [4.69, 9.17) is 21.1 Å². The number of ether oxygens (including phenoxy) is 2. The highest BCUT2D eigenvalue weighted by molar-refractivity contribution is 6.32. The minimum Gasteiger partial charge on any atom is -0.508 e. The average Bonchev–Trinajstić information content (AvgIpc) is 2.57. The molecule has 0 aliphatic rings. The first kappa shape index (κ1) is 17.6. The van der Waals surface area contributed by atoms with Gasteiger partial charge in [0, 0.05) is 5.56 Å². The first-order valence-electron chi connectivity index (χ1n) is 7.18. The van der Waals surface area contributed by atoms with E-state index in [0.29, 0.717) is 34.3 Å². The van der Waals surface area contributed by atoms with Gasteiger partial charge in [0.1, 0.15) is 5.75 Å². The van der Waals surface area contributed by atoms with Crippen molar-refractivity contribution < 1.29 is 19.4 Å². The average molecular weight is 349 g/mol. The van der Waals surface area contributed by atoms with E-state index in [2.05, 4.69) is 10.5 Å². The number of halogens is 1. The SMILES string of the molecule is CCOc1c(Cl)cc(/C=N\NC(=O)c2cccc(O)c2)cc1OC. The second kappa shape index (κ2) is 8.21. The topological polar surface area (TPSA) is 80.2 Å². The van der Waals surface area contributed by atoms with Gasteiger partial charge in [0.05, 0.1) is 25.0 Å². The van der Waals surface area contributed by atoms with E-state index in [0.717, 1.165) is 0 Å². The molecule has 7 heteroatoms. The monoisotopic (exact) mass is 348 g/mol. The van der Waals surface area contributed by atoms with Crippen LogP contribution in [0.15, 0.2) is 41.5 Å². The van der Waals surface area contributed by atoms with Crippen LogP contribution >= 0.6 is 11.6 Å². The van der Waals surface area contributed by atoms with E-state index in [1.807, 2.05) is 6.92 Å². The van der Waals surface area contributed by atoms with Crippen molar-refractivity contribution in [1.82, 2.24) is 5.43 Å². The number of amides is 1. The summed E-state index contributed by atoms with van der Waals surface area (Å²) >= 11 is 6.17. The molecule has 126 valence electrons. The Kier molecular flexibility index (Phi) is 6.03. The lowest BCUT2D eigenvalue weighted by Crippen LogP contribution is -2.17. The van der Waals surface area contributed by atoms with Gasteiger partial charge in [0.15, 0.2) is 11.5 Å². The summed E-state index contributed by atoms with van der Waals surface area (Å²) in [4.78, 5) is 11.9. The van der Waals surface area contributed by atoms with Gasteiger partial charge in [0.25, 0.3) is 5.91 Å². The molecule has 0 spiro atoms. The number of aromatic hydroxyl groups is 1. The highest BCUT2D eigenvalue weighted by Crippen LogP contribution is 2.35. The van der Waals surface area contributed by atoms with Crippen LogP contribution < -0.4 is 14.9 Å². The lowest BCUT2D eigenvalue weighted by molar-refractivity contribution is 0.0954. The Labute approximate surface area is 144 Å². The molecule has 0 fully saturated rings. The molecule has 0 aliphatic heterocycles. The second-order valence-electron chi connectivity index (χ2n) is 4.72. The Hall–Kier alpha value is -2.73. The minimum absolute atomic E-state index is 0.00895. The number of hydrogen-bond acceptors (Lipinski definition) is 5. The number of phenols is 1. The standard InChI is InChI=1S/C17H17ClN2O4/c1-3-24-16-14(18)7-11(8-15(16)23-2)10-19-20-17(22)12-5-4-6-13(21)9-12/h4-10,21H,3H2,1-2H3,(H,20,22)/b19-10-. The number of carbonyl (C=O) groups excluding carboxylic acids is 1. The van der Waals surface area contributed by atoms with E-state index in [1.165, 1.54) is 25.5 Å². The predicted molar refractivity (Wildman–Crippen MR) is 92.3 cm³/mol. The Balaban J connectivity index is 2.11. The van der Waals surface area contributed by atoms with Gasteiger partial charge in [-0.05, 0) is 42.8 Å². The molecular weight excluding hydrogens is 332 g/mol. The van der Waals surface area contributed by atoms with Crippen LogP contribution in [0, 0.1) is 0 Å². The first-order chi connectivity index (χ1) is 11.5. The number of rotatable bonds is 6. The maximum absolute atomic E-state index is 11.9. The molecule has 0 atom stereocenters. The smallest absolute Gasteiger partial charge is 0.271 e. The maximum atomic E-state index is 11.9. The molecule has 0 aromatic heterocycles. The van der Waals surface area contributed by atoms with Crippen molar-refractivity contribution in [1.29, 1.82) is 0 Å². The van der Waals surface area contributed by atoms with E-state index in [9.17, 15) is 9.90 Å². The summed E-state index contributed by atoms with van der Waals surface area (Å²) in [5.74, 6) is 0.508. The molecule has 2 rings (SSSR count). The van der Waals surface area contributed by atoms with Crippen molar-refractivity contribution >= 4 is 23.7 Å². The second-order valence-corrected chi connectivity index (χ2v) is 5.12. The molecule has 0 bridgehead atoms. The Morgan fingerprint density at radius 3 is 2.83 bits per heavy atom. The normalized spacial score (nSPS) is 10.6. The molecule has 0 unspecified atom stereocenters. The molecule has 0 saturated carbocycles.